The lowest BCUT2D eigenvalue weighted by Crippen LogP contribution is -2.04. The van der Waals surface area contributed by atoms with Crippen LogP contribution in [0.2, 0.25) is 0 Å². The summed E-state index contributed by atoms with van der Waals surface area (Å²) >= 11 is 3.13. The summed E-state index contributed by atoms with van der Waals surface area (Å²) in [5, 5.41) is 24.4. The summed E-state index contributed by atoms with van der Waals surface area (Å²) in [5.74, 6) is 1.56. The van der Waals surface area contributed by atoms with Crippen molar-refractivity contribution in [2.24, 2.45) is 0 Å². The molecule has 3 rings (SSSR count). The largest absolute Gasteiger partial charge is 0.330 e. The molecule has 0 unspecified atom stereocenters. The third-order valence-corrected chi connectivity index (χ3v) is 5.30. The first-order valence-corrected chi connectivity index (χ1v) is 9.60. The van der Waals surface area contributed by atoms with Crippen LogP contribution in [0.1, 0.15) is 31.2 Å². The molecule has 0 aliphatic carbocycles. The summed E-state index contributed by atoms with van der Waals surface area (Å²) in [6, 6.07) is 8.18. The number of hydrogen-bond acceptors (Lipinski definition) is 8. The standard InChI is InChI=1S/C15H19N7S2/c1-3-4-8-22-13(17-20-21-22)10-23-15-19-18-14(24-15)16-12-7-5-6-11(2)9-12/h5-7,9H,3-4,8,10H2,1-2H3,(H,16,18). The summed E-state index contributed by atoms with van der Waals surface area (Å²) in [6.07, 6.45) is 2.20. The van der Waals surface area contributed by atoms with Crippen LogP contribution >= 0.6 is 23.1 Å². The Labute approximate surface area is 148 Å². The predicted molar refractivity (Wildman–Crippen MR) is 96.7 cm³/mol. The minimum atomic E-state index is 0.690. The lowest BCUT2D eigenvalue weighted by Gasteiger charge is -2.02. The third-order valence-electron chi connectivity index (χ3n) is 3.33. The zero-order chi connectivity index (χ0) is 16.8. The van der Waals surface area contributed by atoms with Crippen LogP contribution in [0.4, 0.5) is 10.8 Å². The van der Waals surface area contributed by atoms with Gasteiger partial charge in [0, 0.05) is 12.2 Å². The zero-order valence-electron chi connectivity index (χ0n) is 13.6. The minimum Gasteiger partial charge on any atom is -0.330 e. The van der Waals surface area contributed by atoms with E-state index in [-0.39, 0.29) is 0 Å². The molecule has 0 bridgehead atoms. The van der Waals surface area contributed by atoms with Gasteiger partial charge in [0.2, 0.25) is 5.13 Å². The van der Waals surface area contributed by atoms with Gasteiger partial charge in [-0.15, -0.1) is 15.3 Å². The molecule has 0 fully saturated rings. The molecule has 2 heterocycles. The van der Waals surface area contributed by atoms with Gasteiger partial charge in [0.1, 0.15) is 0 Å². The SMILES string of the molecule is CCCCn1nnnc1CSc1nnc(Nc2cccc(C)c2)s1. The number of anilines is 2. The van der Waals surface area contributed by atoms with Crippen LogP contribution in [-0.4, -0.2) is 30.4 Å². The number of unbranched alkanes of at least 4 members (excludes halogenated alkanes) is 1. The van der Waals surface area contributed by atoms with Crippen LogP contribution in [0.25, 0.3) is 0 Å². The normalized spacial score (nSPS) is 10.9. The van der Waals surface area contributed by atoms with Crippen molar-refractivity contribution in [3.05, 3.63) is 35.7 Å². The molecule has 1 N–H and O–H groups in total. The molecule has 126 valence electrons. The van der Waals surface area contributed by atoms with Crippen LogP contribution < -0.4 is 5.32 Å². The van der Waals surface area contributed by atoms with E-state index >= 15 is 0 Å². The second-order valence-corrected chi connectivity index (χ2v) is 7.53. The minimum absolute atomic E-state index is 0.690. The Bertz CT molecular complexity index is 783. The summed E-state index contributed by atoms with van der Waals surface area (Å²) in [7, 11) is 0. The molecule has 2 aromatic heterocycles. The fraction of sp³-hybridized carbons (Fsp3) is 0.400. The van der Waals surface area contributed by atoms with Gasteiger partial charge in [0.25, 0.3) is 0 Å². The maximum Gasteiger partial charge on any atom is 0.210 e. The molecule has 0 aliphatic rings. The zero-order valence-corrected chi connectivity index (χ0v) is 15.3. The van der Waals surface area contributed by atoms with Crippen LogP contribution in [0.15, 0.2) is 28.6 Å². The molecule has 24 heavy (non-hydrogen) atoms. The maximum atomic E-state index is 4.22. The Kier molecular flexibility index (Phi) is 5.76. The molecular formula is C15H19N7S2. The first-order chi connectivity index (χ1) is 11.7. The lowest BCUT2D eigenvalue weighted by molar-refractivity contribution is 0.540. The second kappa shape index (κ2) is 8.20. The van der Waals surface area contributed by atoms with Gasteiger partial charge in [-0.25, -0.2) is 4.68 Å². The number of rotatable bonds is 8. The van der Waals surface area contributed by atoms with Gasteiger partial charge in [0.05, 0.1) is 5.75 Å². The fourth-order valence-corrected chi connectivity index (χ4v) is 3.80. The van der Waals surface area contributed by atoms with E-state index in [2.05, 4.69) is 57.0 Å². The van der Waals surface area contributed by atoms with E-state index in [0.29, 0.717) is 5.75 Å². The third kappa shape index (κ3) is 4.51. The Hall–Kier alpha value is -2.00. The summed E-state index contributed by atoms with van der Waals surface area (Å²) < 4.78 is 2.76. The predicted octanol–water partition coefficient (Wildman–Crippen LogP) is 3.67. The molecule has 0 spiro atoms. The highest BCUT2D eigenvalue weighted by atomic mass is 32.2. The fourth-order valence-electron chi connectivity index (χ4n) is 2.10. The monoisotopic (exact) mass is 361 g/mol. The average molecular weight is 362 g/mol. The Morgan fingerprint density at radius 2 is 2.17 bits per heavy atom. The van der Waals surface area contributed by atoms with Crippen molar-refractivity contribution < 1.29 is 0 Å². The van der Waals surface area contributed by atoms with Crippen LogP contribution in [0.3, 0.4) is 0 Å². The van der Waals surface area contributed by atoms with Gasteiger partial charge in [-0.2, -0.15) is 0 Å². The molecule has 0 atom stereocenters. The van der Waals surface area contributed by atoms with Crippen molar-refractivity contribution in [2.75, 3.05) is 5.32 Å². The van der Waals surface area contributed by atoms with E-state index in [9.17, 15) is 0 Å². The molecule has 3 aromatic rings. The maximum absolute atomic E-state index is 4.22. The molecule has 0 saturated carbocycles. The quantitative estimate of drug-likeness (QED) is 0.613. The van der Waals surface area contributed by atoms with E-state index in [1.807, 2.05) is 16.8 Å². The van der Waals surface area contributed by atoms with E-state index in [0.717, 1.165) is 40.4 Å². The second-order valence-electron chi connectivity index (χ2n) is 5.33. The molecule has 0 radical (unpaired) electrons. The number of benzene rings is 1. The summed E-state index contributed by atoms with van der Waals surface area (Å²) in [6.45, 7) is 5.08. The Balaban J connectivity index is 1.57. The highest BCUT2D eigenvalue weighted by Gasteiger charge is 2.10. The molecular weight excluding hydrogens is 342 g/mol. The van der Waals surface area contributed by atoms with E-state index < -0.39 is 0 Å². The first-order valence-electron chi connectivity index (χ1n) is 7.79. The Morgan fingerprint density at radius 1 is 1.25 bits per heavy atom. The van der Waals surface area contributed by atoms with E-state index in [1.54, 1.807) is 11.8 Å². The number of hydrogen-bond donors (Lipinski definition) is 1. The van der Waals surface area contributed by atoms with Gasteiger partial charge < -0.3 is 5.32 Å². The van der Waals surface area contributed by atoms with Crippen LogP contribution in [0, 0.1) is 6.92 Å². The average Bonchev–Trinajstić information content (AvgIpc) is 3.20. The van der Waals surface area contributed by atoms with Crippen molar-refractivity contribution in [3.8, 4) is 0 Å². The van der Waals surface area contributed by atoms with Gasteiger partial charge in [0.15, 0.2) is 10.2 Å². The number of aromatic nitrogens is 6. The van der Waals surface area contributed by atoms with Crippen molar-refractivity contribution in [2.45, 2.75) is 43.3 Å². The summed E-state index contributed by atoms with van der Waals surface area (Å²) in [5.41, 5.74) is 2.23. The van der Waals surface area contributed by atoms with E-state index in [1.165, 1.54) is 16.9 Å². The number of aryl methyl sites for hydroxylation is 2. The lowest BCUT2D eigenvalue weighted by atomic mass is 10.2. The molecule has 7 nitrogen and oxygen atoms in total. The smallest absolute Gasteiger partial charge is 0.210 e. The molecule has 0 amide bonds. The van der Waals surface area contributed by atoms with Gasteiger partial charge in [-0.05, 0) is 41.5 Å². The van der Waals surface area contributed by atoms with E-state index in [4.69, 9.17) is 0 Å². The molecule has 0 aliphatic heterocycles. The molecule has 9 heteroatoms. The highest BCUT2D eigenvalue weighted by molar-refractivity contribution is 8.00. The highest BCUT2D eigenvalue weighted by Crippen LogP contribution is 2.29. The number of thioether (sulfide) groups is 1. The number of nitrogens with zero attached hydrogens (tertiary/aromatic N) is 6. The van der Waals surface area contributed by atoms with Crippen molar-refractivity contribution >= 4 is 33.9 Å². The summed E-state index contributed by atoms with van der Waals surface area (Å²) in [4.78, 5) is 0. The Morgan fingerprint density at radius 3 is 3.00 bits per heavy atom. The number of tetrazole rings is 1. The van der Waals surface area contributed by atoms with Gasteiger partial charge >= 0.3 is 0 Å². The van der Waals surface area contributed by atoms with Crippen molar-refractivity contribution in [1.82, 2.24) is 30.4 Å². The molecule has 0 saturated heterocycles. The topological polar surface area (TPSA) is 81.4 Å². The van der Waals surface area contributed by atoms with Crippen molar-refractivity contribution in [1.29, 1.82) is 0 Å². The first kappa shape index (κ1) is 16.8. The van der Waals surface area contributed by atoms with Gasteiger partial charge in [-0.3, -0.25) is 0 Å². The number of nitrogens with one attached hydrogen (secondary N) is 1. The van der Waals surface area contributed by atoms with Crippen LogP contribution in [0.5, 0.6) is 0 Å². The molecule has 1 aromatic carbocycles. The van der Waals surface area contributed by atoms with Gasteiger partial charge in [-0.1, -0.05) is 48.6 Å². The van der Waals surface area contributed by atoms with Crippen LogP contribution in [-0.2, 0) is 12.3 Å². The van der Waals surface area contributed by atoms with Crippen molar-refractivity contribution in [3.63, 3.8) is 0 Å².